The van der Waals surface area contributed by atoms with E-state index in [0.717, 1.165) is 23.4 Å². The van der Waals surface area contributed by atoms with Crippen molar-refractivity contribution in [2.24, 2.45) is 0 Å². The van der Waals surface area contributed by atoms with Crippen LogP contribution in [-0.2, 0) is 11.8 Å². The lowest BCUT2D eigenvalue weighted by Gasteiger charge is -2.35. The van der Waals surface area contributed by atoms with Crippen molar-refractivity contribution in [3.63, 3.8) is 0 Å². The minimum absolute atomic E-state index is 0.224. The normalized spacial score (nSPS) is 23.1. The van der Waals surface area contributed by atoms with E-state index in [9.17, 15) is 5.21 Å². The molecule has 2 rings (SSSR count). The van der Waals surface area contributed by atoms with Gasteiger partial charge in [-0.25, -0.2) is 0 Å². The molecule has 1 unspecified atom stereocenters. The highest BCUT2D eigenvalue weighted by Crippen LogP contribution is 2.43. The maximum absolute atomic E-state index is 9.82. The molecule has 0 saturated carbocycles. The summed E-state index contributed by atoms with van der Waals surface area (Å²) in [6, 6.07) is 0. The molecule has 1 heterocycles. The van der Waals surface area contributed by atoms with Crippen LogP contribution >= 0.6 is 0 Å². The molecular formula is C15H26N2O. The van der Waals surface area contributed by atoms with Crippen molar-refractivity contribution in [3.8, 4) is 0 Å². The fourth-order valence-corrected chi connectivity index (χ4v) is 3.45. The Bertz CT molecular complexity index is 411. The second kappa shape index (κ2) is 5.33. The summed E-state index contributed by atoms with van der Waals surface area (Å²) in [5.41, 5.74) is 3.66. The smallest absolute Gasteiger partial charge is 0.0802 e. The minimum atomic E-state index is 0.224. The Morgan fingerprint density at radius 1 is 1.33 bits per heavy atom. The summed E-state index contributed by atoms with van der Waals surface area (Å²) in [4.78, 5) is 1.10. The molecule has 0 aromatic carbocycles. The molecule has 0 fully saturated rings. The van der Waals surface area contributed by atoms with Crippen LogP contribution in [0.15, 0.2) is 0 Å². The van der Waals surface area contributed by atoms with Crippen LogP contribution in [0.5, 0.6) is 0 Å². The molecule has 0 saturated heterocycles. The first kappa shape index (κ1) is 13.4. The molecule has 0 bridgehead atoms. The van der Waals surface area contributed by atoms with Gasteiger partial charge in [0.2, 0.25) is 0 Å². The Labute approximate surface area is 110 Å². The molecule has 1 aliphatic carbocycles. The number of unbranched alkanes of at least 4 members (excludes halogenated alkanes) is 2. The Hall–Kier alpha value is -0.990. The van der Waals surface area contributed by atoms with Crippen molar-refractivity contribution >= 4 is 0 Å². The summed E-state index contributed by atoms with van der Waals surface area (Å²) in [6.45, 7) is 6.49. The predicted octanol–water partition coefficient (Wildman–Crippen LogP) is 3.99. The molecular weight excluding hydrogens is 224 g/mol. The highest BCUT2D eigenvalue weighted by atomic mass is 16.5. The lowest BCUT2D eigenvalue weighted by molar-refractivity contribution is 0.138. The van der Waals surface area contributed by atoms with Gasteiger partial charge < -0.3 is 5.21 Å². The van der Waals surface area contributed by atoms with Gasteiger partial charge in [0.25, 0.3) is 0 Å². The topological polar surface area (TPSA) is 38.0 Å². The maximum atomic E-state index is 9.82. The summed E-state index contributed by atoms with van der Waals surface area (Å²) in [6.07, 6.45) is 9.76. The summed E-state index contributed by atoms with van der Waals surface area (Å²) < 4.78 is 0. The van der Waals surface area contributed by atoms with Gasteiger partial charge in [-0.3, -0.25) is 0 Å². The third-order valence-corrected chi connectivity index (χ3v) is 4.74. The Kier molecular flexibility index (Phi) is 3.98. The molecule has 0 amide bonds. The molecule has 3 heteroatoms. The molecule has 1 atom stereocenters. The van der Waals surface area contributed by atoms with Gasteiger partial charge >= 0.3 is 0 Å². The van der Waals surface area contributed by atoms with E-state index >= 15 is 0 Å². The third kappa shape index (κ3) is 2.15. The van der Waals surface area contributed by atoms with Crippen LogP contribution in [0.3, 0.4) is 0 Å². The number of fused-ring (bicyclic) bond motifs is 1. The van der Waals surface area contributed by atoms with E-state index in [-0.39, 0.29) is 5.41 Å². The summed E-state index contributed by atoms with van der Waals surface area (Å²) in [5.74, 6) is 0. The molecule has 0 radical (unpaired) electrons. The largest absolute Gasteiger partial charge is 0.411 e. The number of hydrogen-bond acceptors (Lipinski definition) is 2. The Morgan fingerprint density at radius 3 is 2.78 bits per heavy atom. The fraction of sp³-hybridized carbons (Fsp3) is 0.800. The zero-order valence-corrected chi connectivity index (χ0v) is 12.0. The maximum Gasteiger partial charge on any atom is 0.0802 e. The number of rotatable bonds is 5. The lowest BCUT2D eigenvalue weighted by Crippen LogP contribution is -2.30. The van der Waals surface area contributed by atoms with E-state index in [1.54, 1.807) is 0 Å². The van der Waals surface area contributed by atoms with E-state index in [4.69, 9.17) is 0 Å². The van der Waals surface area contributed by atoms with Crippen LogP contribution in [0.1, 0.15) is 75.7 Å². The summed E-state index contributed by atoms with van der Waals surface area (Å²) in [7, 11) is 0. The van der Waals surface area contributed by atoms with Gasteiger partial charge in [0.15, 0.2) is 0 Å². The van der Waals surface area contributed by atoms with Gasteiger partial charge in [-0.1, -0.05) is 33.1 Å². The number of aromatic nitrogens is 2. The molecule has 18 heavy (non-hydrogen) atoms. The Balaban J connectivity index is 2.30. The van der Waals surface area contributed by atoms with Crippen molar-refractivity contribution in [1.82, 2.24) is 9.94 Å². The zero-order chi connectivity index (χ0) is 13.2. The van der Waals surface area contributed by atoms with E-state index in [1.165, 1.54) is 49.8 Å². The first-order valence-corrected chi connectivity index (χ1v) is 7.43. The summed E-state index contributed by atoms with van der Waals surface area (Å²) >= 11 is 0. The predicted molar refractivity (Wildman–Crippen MR) is 73.2 cm³/mol. The van der Waals surface area contributed by atoms with Gasteiger partial charge in [-0.05, 0) is 39.0 Å². The zero-order valence-electron chi connectivity index (χ0n) is 12.0. The van der Waals surface area contributed by atoms with Crippen molar-refractivity contribution in [2.75, 3.05) is 0 Å². The Morgan fingerprint density at radius 2 is 2.11 bits per heavy atom. The molecule has 1 aromatic heterocycles. The van der Waals surface area contributed by atoms with Crippen LogP contribution in [0, 0.1) is 6.92 Å². The highest BCUT2D eigenvalue weighted by Gasteiger charge is 2.38. The molecule has 1 aromatic rings. The molecule has 1 aliphatic rings. The number of hydrogen-bond donors (Lipinski definition) is 1. The molecule has 3 nitrogen and oxygen atoms in total. The van der Waals surface area contributed by atoms with E-state index in [1.807, 2.05) is 6.92 Å². The first-order chi connectivity index (χ1) is 8.64. The monoisotopic (exact) mass is 250 g/mol. The first-order valence-electron chi connectivity index (χ1n) is 7.43. The van der Waals surface area contributed by atoms with Crippen LogP contribution in [0.25, 0.3) is 0 Å². The molecule has 1 N–H and O–H groups in total. The molecule has 102 valence electrons. The second-order valence-electron chi connectivity index (χ2n) is 5.75. The highest BCUT2D eigenvalue weighted by molar-refractivity contribution is 5.34. The van der Waals surface area contributed by atoms with E-state index < -0.39 is 0 Å². The van der Waals surface area contributed by atoms with Crippen molar-refractivity contribution in [3.05, 3.63) is 17.0 Å². The van der Waals surface area contributed by atoms with Gasteiger partial charge in [-0.15, -0.1) is 9.94 Å². The SMILES string of the molecule is CCCCCC1(CC)CCCc2c1nn(O)c2C. The van der Waals surface area contributed by atoms with Crippen LogP contribution in [-0.4, -0.2) is 15.2 Å². The van der Waals surface area contributed by atoms with E-state index in [0.29, 0.717) is 0 Å². The van der Waals surface area contributed by atoms with Crippen LogP contribution < -0.4 is 0 Å². The summed E-state index contributed by atoms with van der Waals surface area (Å²) in [5, 5.41) is 14.2. The number of nitrogens with zero attached hydrogens (tertiary/aromatic N) is 2. The average Bonchev–Trinajstić information content (AvgIpc) is 2.67. The van der Waals surface area contributed by atoms with Crippen molar-refractivity contribution < 1.29 is 5.21 Å². The third-order valence-electron chi connectivity index (χ3n) is 4.74. The molecule has 0 spiro atoms. The lowest BCUT2D eigenvalue weighted by atomic mass is 9.68. The van der Waals surface area contributed by atoms with Gasteiger partial charge in [0, 0.05) is 11.0 Å². The standard InChI is InChI=1S/C15H26N2O/c1-4-6-7-10-15(5-2)11-8-9-13-12(3)17(18)16-14(13)15/h18H,4-11H2,1-3H3. The van der Waals surface area contributed by atoms with Gasteiger partial charge in [-0.2, -0.15) is 0 Å². The van der Waals surface area contributed by atoms with Crippen LogP contribution in [0.4, 0.5) is 0 Å². The van der Waals surface area contributed by atoms with Gasteiger partial charge in [0.1, 0.15) is 0 Å². The van der Waals surface area contributed by atoms with E-state index in [2.05, 4.69) is 18.9 Å². The second-order valence-corrected chi connectivity index (χ2v) is 5.75. The minimum Gasteiger partial charge on any atom is -0.411 e. The van der Waals surface area contributed by atoms with Crippen molar-refractivity contribution in [1.29, 1.82) is 0 Å². The quantitative estimate of drug-likeness (QED) is 0.633. The van der Waals surface area contributed by atoms with Gasteiger partial charge in [0.05, 0.1) is 11.4 Å². The average molecular weight is 250 g/mol. The van der Waals surface area contributed by atoms with Crippen molar-refractivity contribution in [2.45, 2.75) is 77.6 Å². The fourth-order valence-electron chi connectivity index (χ4n) is 3.45. The molecule has 0 aliphatic heterocycles. The van der Waals surface area contributed by atoms with Crippen LogP contribution in [0.2, 0.25) is 0 Å².